The van der Waals surface area contributed by atoms with E-state index in [4.69, 9.17) is 28.2 Å². The summed E-state index contributed by atoms with van der Waals surface area (Å²) in [5.74, 6) is 0.0588. The van der Waals surface area contributed by atoms with Gasteiger partial charge in [-0.25, -0.2) is 14.3 Å². The highest BCUT2D eigenvalue weighted by molar-refractivity contribution is 6.42. The summed E-state index contributed by atoms with van der Waals surface area (Å²) in [6.07, 6.45) is 0.232. The maximum absolute atomic E-state index is 13.8. The Bertz CT molecular complexity index is 1490. The van der Waals surface area contributed by atoms with Crippen molar-refractivity contribution in [1.29, 1.82) is 0 Å². The molecule has 3 aromatic rings. The highest BCUT2D eigenvalue weighted by Crippen LogP contribution is 2.24. The highest BCUT2D eigenvalue weighted by atomic mass is 35.5. The minimum atomic E-state index is -0.366. The summed E-state index contributed by atoms with van der Waals surface area (Å²) >= 11 is 12.1. The van der Waals surface area contributed by atoms with E-state index >= 15 is 0 Å². The number of carbonyl (C=O) groups excluding carboxylic acids is 2. The van der Waals surface area contributed by atoms with Gasteiger partial charge in [0, 0.05) is 33.1 Å². The highest BCUT2D eigenvalue weighted by Gasteiger charge is 2.33. The third kappa shape index (κ3) is 4.66. The molecule has 0 saturated carbocycles. The maximum Gasteiger partial charge on any atom is 0.419 e. The Balaban J connectivity index is 1.82. The lowest BCUT2D eigenvalue weighted by Crippen LogP contribution is -2.38. The van der Waals surface area contributed by atoms with E-state index < -0.39 is 0 Å². The average Bonchev–Trinajstić information content (AvgIpc) is 3.21. The molecule has 0 bridgehead atoms. The van der Waals surface area contributed by atoms with Crippen LogP contribution in [0.25, 0.3) is 5.82 Å². The van der Waals surface area contributed by atoms with Gasteiger partial charge in [0.25, 0.3) is 11.5 Å². The van der Waals surface area contributed by atoms with E-state index in [-0.39, 0.29) is 47.1 Å². The van der Waals surface area contributed by atoms with Gasteiger partial charge >= 0.3 is 5.91 Å². The summed E-state index contributed by atoms with van der Waals surface area (Å²) in [7, 11) is 3.17. The van der Waals surface area contributed by atoms with Crippen molar-refractivity contribution in [2.24, 2.45) is 7.05 Å². The summed E-state index contributed by atoms with van der Waals surface area (Å²) in [6.45, 7) is 5.77. The quantitative estimate of drug-likeness (QED) is 0.490. The topological polar surface area (TPSA) is 114 Å². The molecule has 12 heteroatoms. The summed E-state index contributed by atoms with van der Waals surface area (Å²) in [5.41, 5.74) is 1.93. The molecule has 2 amide bonds. The third-order valence-corrected chi connectivity index (χ3v) is 6.58. The van der Waals surface area contributed by atoms with Gasteiger partial charge in [-0.2, -0.15) is 9.67 Å². The molecule has 0 aliphatic carbocycles. The second-order valence-corrected chi connectivity index (χ2v) is 9.64. The van der Waals surface area contributed by atoms with Gasteiger partial charge in [0.1, 0.15) is 11.5 Å². The largest absolute Gasteiger partial charge is 0.419 e. The fourth-order valence-electron chi connectivity index (χ4n) is 4.05. The number of aromatic nitrogens is 4. The van der Waals surface area contributed by atoms with Gasteiger partial charge in [-0.3, -0.25) is 14.3 Å². The van der Waals surface area contributed by atoms with E-state index in [0.29, 0.717) is 39.3 Å². The Morgan fingerprint density at radius 2 is 1.89 bits per heavy atom. The molecule has 4 rings (SSSR count). The number of rotatable bonds is 5. The first kappa shape index (κ1) is 25.6. The molecule has 1 aromatic carbocycles. The average molecular weight is 531 g/mol. The van der Waals surface area contributed by atoms with Crippen LogP contribution < -0.4 is 16.2 Å². The van der Waals surface area contributed by atoms with Crippen molar-refractivity contribution in [3.8, 4) is 5.82 Å². The second kappa shape index (κ2) is 9.87. The smallest absolute Gasteiger partial charge is 0.354 e. The molecule has 2 N–H and O–H groups in total. The zero-order valence-corrected chi connectivity index (χ0v) is 22.0. The number of benzene rings is 1. The van der Waals surface area contributed by atoms with Gasteiger partial charge in [-0.05, 0) is 32.0 Å². The Morgan fingerprint density at radius 1 is 1.17 bits per heavy atom. The first-order valence-electron chi connectivity index (χ1n) is 11.3. The van der Waals surface area contributed by atoms with Crippen LogP contribution in [-0.2, 0) is 20.0 Å². The Hall–Kier alpha value is -3.50. The van der Waals surface area contributed by atoms with E-state index in [1.54, 1.807) is 36.7 Å². The van der Waals surface area contributed by atoms with E-state index in [9.17, 15) is 14.4 Å². The van der Waals surface area contributed by atoms with Gasteiger partial charge < -0.3 is 10.6 Å². The van der Waals surface area contributed by atoms with E-state index in [2.05, 4.69) is 15.7 Å². The van der Waals surface area contributed by atoms with Crippen LogP contribution in [0.2, 0.25) is 10.0 Å². The molecule has 0 fully saturated rings. The van der Waals surface area contributed by atoms with Gasteiger partial charge in [0.05, 0.1) is 27.6 Å². The maximum atomic E-state index is 13.8. The molecule has 2 aromatic heterocycles. The standard InChI is InChI=1S/C24H25Cl2N7O3/c1-12(2)28-24-29-19-11-32(22(35)14-6-7-16(25)17(26)9-14)13(3)8-15(19)23(36)33(24)20-10-18(21(34)27-4)30-31(20)5/h6-7,9-10,12H,8,11H2,1-5H3,(H-,27,28,29,34,36)/p+1. The minimum absolute atomic E-state index is 0.0429. The summed E-state index contributed by atoms with van der Waals surface area (Å²) in [6, 6.07) is 6.21. The Kier molecular flexibility index (Phi) is 7.01. The Labute approximate surface area is 217 Å². The first-order valence-corrected chi connectivity index (χ1v) is 12.0. The number of aryl methyl sites for hydroxylation is 1. The van der Waals surface area contributed by atoms with E-state index in [1.807, 2.05) is 13.8 Å². The van der Waals surface area contributed by atoms with Crippen LogP contribution in [-0.4, -0.2) is 54.5 Å². The predicted octanol–water partition coefficient (Wildman–Crippen LogP) is 2.82. The molecule has 1 aliphatic rings. The lowest BCUT2D eigenvalue weighted by Gasteiger charge is -2.20. The van der Waals surface area contributed by atoms with Crippen molar-refractivity contribution < 1.29 is 14.2 Å². The zero-order chi connectivity index (χ0) is 26.3. The molecule has 188 valence electrons. The number of halogens is 2. The van der Waals surface area contributed by atoms with Gasteiger partial charge in [0.2, 0.25) is 5.95 Å². The number of carbonyl (C=O) groups is 2. The number of amides is 2. The number of hydrogen-bond donors (Lipinski definition) is 2. The van der Waals surface area contributed by atoms with E-state index in [1.165, 1.54) is 22.4 Å². The lowest BCUT2D eigenvalue weighted by atomic mass is 10.0. The monoisotopic (exact) mass is 530 g/mol. The fraction of sp³-hybridized carbons (Fsp3) is 0.333. The lowest BCUT2D eigenvalue weighted by molar-refractivity contribution is -0.450. The van der Waals surface area contributed by atoms with Crippen LogP contribution in [0.3, 0.4) is 0 Å². The van der Waals surface area contributed by atoms with Crippen molar-refractivity contribution in [3.63, 3.8) is 0 Å². The predicted molar refractivity (Wildman–Crippen MR) is 138 cm³/mol. The SMILES string of the molecule is CNC(=O)c1cc(-n2c(NC(C)C)nc3c(c2=O)CC(C)=[N+](C(=O)c2ccc(Cl)c(Cl)c2)C3)n(C)n1. The molecule has 36 heavy (non-hydrogen) atoms. The van der Waals surface area contributed by atoms with Crippen molar-refractivity contribution in [2.75, 3.05) is 12.4 Å². The molecule has 1 aliphatic heterocycles. The Morgan fingerprint density at radius 3 is 2.53 bits per heavy atom. The molecule has 0 saturated heterocycles. The first-order chi connectivity index (χ1) is 17.0. The van der Waals surface area contributed by atoms with Crippen molar-refractivity contribution in [3.05, 3.63) is 67.2 Å². The summed E-state index contributed by atoms with van der Waals surface area (Å²) in [4.78, 5) is 44.0. The van der Waals surface area contributed by atoms with Crippen LogP contribution in [0.5, 0.6) is 0 Å². The minimum Gasteiger partial charge on any atom is -0.354 e. The van der Waals surface area contributed by atoms with Gasteiger partial charge in [-0.15, -0.1) is 0 Å². The van der Waals surface area contributed by atoms with Crippen molar-refractivity contribution >= 4 is 46.7 Å². The molecular weight excluding hydrogens is 505 g/mol. The van der Waals surface area contributed by atoms with E-state index in [0.717, 1.165) is 0 Å². The molecule has 0 unspecified atom stereocenters. The van der Waals surface area contributed by atoms with Crippen LogP contribution in [0.1, 0.15) is 52.9 Å². The van der Waals surface area contributed by atoms with Crippen LogP contribution in [0.4, 0.5) is 5.95 Å². The van der Waals surface area contributed by atoms with Crippen LogP contribution in [0, 0.1) is 0 Å². The zero-order valence-electron chi connectivity index (χ0n) is 20.5. The molecule has 0 radical (unpaired) electrons. The second-order valence-electron chi connectivity index (χ2n) is 8.82. The van der Waals surface area contributed by atoms with Crippen LogP contribution in [0.15, 0.2) is 29.1 Å². The number of nitrogens with one attached hydrogen (secondary N) is 2. The van der Waals surface area contributed by atoms with Crippen molar-refractivity contribution in [2.45, 2.75) is 39.8 Å². The third-order valence-electron chi connectivity index (χ3n) is 5.84. The number of hydrogen-bond acceptors (Lipinski definition) is 6. The number of fused-ring (bicyclic) bond motifs is 1. The molecular formula is C24H26Cl2N7O3+. The number of nitrogens with zero attached hydrogens (tertiary/aromatic N) is 5. The molecule has 10 nitrogen and oxygen atoms in total. The van der Waals surface area contributed by atoms with Gasteiger partial charge in [-0.1, -0.05) is 23.2 Å². The normalized spacial score (nSPS) is 13.1. The summed E-state index contributed by atoms with van der Waals surface area (Å²) < 4.78 is 4.47. The van der Waals surface area contributed by atoms with Crippen molar-refractivity contribution in [1.82, 2.24) is 24.6 Å². The fourth-order valence-corrected chi connectivity index (χ4v) is 4.35. The number of anilines is 1. The summed E-state index contributed by atoms with van der Waals surface area (Å²) in [5, 5.41) is 10.6. The van der Waals surface area contributed by atoms with Crippen LogP contribution >= 0.6 is 23.2 Å². The molecule has 0 atom stereocenters. The van der Waals surface area contributed by atoms with Gasteiger partial charge in [0.15, 0.2) is 18.0 Å². The molecule has 3 heterocycles. The molecule has 0 spiro atoms.